The van der Waals surface area contributed by atoms with E-state index in [-0.39, 0.29) is 0 Å². The van der Waals surface area contributed by atoms with Gasteiger partial charge in [-0.25, -0.2) is 4.98 Å². The number of nitrogens with zero attached hydrogens (tertiary/aromatic N) is 3. The van der Waals surface area contributed by atoms with Gasteiger partial charge in [-0.3, -0.25) is 4.90 Å². The van der Waals surface area contributed by atoms with E-state index in [1.807, 2.05) is 6.20 Å². The number of rotatable bonds is 4. The Labute approximate surface area is 111 Å². The van der Waals surface area contributed by atoms with Gasteiger partial charge in [0.1, 0.15) is 5.82 Å². The Morgan fingerprint density at radius 3 is 2.94 bits per heavy atom. The second-order valence-electron chi connectivity index (χ2n) is 4.38. The highest BCUT2D eigenvalue weighted by molar-refractivity contribution is 7.13. The molecule has 5 heteroatoms. The number of hydrogen-bond acceptors (Lipinski definition) is 4. The van der Waals surface area contributed by atoms with E-state index >= 15 is 0 Å². The smallest absolute Gasteiger partial charge is 0.150 e. The molecule has 1 saturated heterocycles. The average Bonchev–Trinajstić information content (AvgIpc) is 3.08. The molecule has 0 amide bonds. The number of thiophene rings is 1. The Morgan fingerprint density at radius 1 is 1.28 bits per heavy atom. The van der Waals surface area contributed by atoms with E-state index in [2.05, 4.69) is 38.2 Å². The van der Waals surface area contributed by atoms with Crippen LogP contribution in [0.1, 0.15) is 0 Å². The molecule has 2 aromatic heterocycles. The van der Waals surface area contributed by atoms with Crippen LogP contribution >= 0.6 is 11.3 Å². The van der Waals surface area contributed by atoms with Crippen LogP contribution in [0.5, 0.6) is 0 Å². The van der Waals surface area contributed by atoms with Gasteiger partial charge in [-0.1, -0.05) is 6.07 Å². The minimum atomic E-state index is 0.863. The van der Waals surface area contributed by atoms with Gasteiger partial charge in [0.05, 0.1) is 18.1 Å². The molecule has 3 heterocycles. The SMILES string of the molecule is c1csc(-c2nccn2CCN2CCOCC2)c1. The van der Waals surface area contributed by atoms with Gasteiger partial charge in [-0.05, 0) is 11.4 Å². The molecular weight excluding hydrogens is 246 g/mol. The summed E-state index contributed by atoms with van der Waals surface area (Å²) in [6, 6.07) is 4.19. The third kappa shape index (κ3) is 2.63. The Balaban J connectivity index is 1.64. The molecule has 0 unspecified atom stereocenters. The lowest BCUT2D eigenvalue weighted by Crippen LogP contribution is -2.38. The number of imidazole rings is 1. The van der Waals surface area contributed by atoms with Crippen LogP contribution in [0.25, 0.3) is 10.7 Å². The quantitative estimate of drug-likeness (QED) is 0.844. The van der Waals surface area contributed by atoms with Crippen molar-refractivity contribution in [2.45, 2.75) is 6.54 Å². The summed E-state index contributed by atoms with van der Waals surface area (Å²) < 4.78 is 7.60. The molecule has 18 heavy (non-hydrogen) atoms. The monoisotopic (exact) mass is 263 g/mol. The Morgan fingerprint density at radius 2 is 2.17 bits per heavy atom. The van der Waals surface area contributed by atoms with Crippen LogP contribution in [-0.4, -0.2) is 47.3 Å². The Kier molecular flexibility index (Phi) is 3.73. The van der Waals surface area contributed by atoms with E-state index in [1.54, 1.807) is 11.3 Å². The van der Waals surface area contributed by atoms with E-state index < -0.39 is 0 Å². The molecule has 0 aromatic carbocycles. The molecule has 0 aliphatic carbocycles. The number of hydrogen-bond donors (Lipinski definition) is 0. The minimum Gasteiger partial charge on any atom is -0.379 e. The van der Waals surface area contributed by atoms with Crippen molar-refractivity contribution in [3.8, 4) is 10.7 Å². The third-order valence-corrected chi connectivity index (χ3v) is 4.08. The maximum atomic E-state index is 5.36. The van der Waals surface area contributed by atoms with Crippen molar-refractivity contribution in [1.29, 1.82) is 0 Å². The van der Waals surface area contributed by atoms with Crippen molar-refractivity contribution < 1.29 is 4.74 Å². The summed E-state index contributed by atoms with van der Waals surface area (Å²) >= 11 is 1.74. The summed E-state index contributed by atoms with van der Waals surface area (Å²) in [5.41, 5.74) is 0. The Hall–Kier alpha value is -1.17. The molecule has 2 aromatic rings. The largest absolute Gasteiger partial charge is 0.379 e. The van der Waals surface area contributed by atoms with E-state index in [4.69, 9.17) is 4.74 Å². The molecule has 4 nitrogen and oxygen atoms in total. The maximum absolute atomic E-state index is 5.36. The summed E-state index contributed by atoms with van der Waals surface area (Å²) in [7, 11) is 0. The highest BCUT2D eigenvalue weighted by atomic mass is 32.1. The van der Waals surface area contributed by atoms with Crippen molar-refractivity contribution in [2.24, 2.45) is 0 Å². The Bertz CT molecular complexity index is 474. The lowest BCUT2D eigenvalue weighted by Gasteiger charge is -2.26. The second-order valence-corrected chi connectivity index (χ2v) is 5.32. The predicted octanol–water partition coefficient (Wildman–Crippen LogP) is 1.94. The zero-order chi connectivity index (χ0) is 12.2. The van der Waals surface area contributed by atoms with Crippen molar-refractivity contribution in [3.63, 3.8) is 0 Å². The predicted molar refractivity (Wildman–Crippen MR) is 72.8 cm³/mol. The number of ether oxygens (including phenoxy) is 1. The van der Waals surface area contributed by atoms with Crippen molar-refractivity contribution in [3.05, 3.63) is 29.9 Å². The van der Waals surface area contributed by atoms with Crippen LogP contribution in [0.4, 0.5) is 0 Å². The fraction of sp³-hybridized carbons (Fsp3) is 0.462. The standard InChI is InChI=1S/C13H17N3OS/c1-2-12(18-11-1)13-14-3-4-16(13)6-5-15-7-9-17-10-8-15/h1-4,11H,5-10H2. The molecular formula is C13H17N3OS. The van der Waals surface area contributed by atoms with Gasteiger partial charge in [0.2, 0.25) is 0 Å². The normalized spacial score (nSPS) is 17.1. The van der Waals surface area contributed by atoms with Crippen LogP contribution in [0, 0.1) is 0 Å². The second kappa shape index (κ2) is 5.65. The topological polar surface area (TPSA) is 30.3 Å². The first-order valence-electron chi connectivity index (χ1n) is 6.28. The molecule has 1 aliphatic rings. The molecule has 0 spiro atoms. The first kappa shape index (κ1) is 11.9. The first-order valence-corrected chi connectivity index (χ1v) is 7.16. The minimum absolute atomic E-state index is 0.863. The van der Waals surface area contributed by atoms with Crippen molar-refractivity contribution in [1.82, 2.24) is 14.5 Å². The van der Waals surface area contributed by atoms with E-state index in [0.29, 0.717) is 0 Å². The summed E-state index contributed by atoms with van der Waals surface area (Å²) in [4.78, 5) is 8.14. The number of morpholine rings is 1. The van der Waals surface area contributed by atoms with Gasteiger partial charge in [0, 0.05) is 38.6 Å². The van der Waals surface area contributed by atoms with Gasteiger partial charge in [0.15, 0.2) is 0 Å². The molecule has 0 N–H and O–H groups in total. The molecule has 0 atom stereocenters. The molecule has 96 valence electrons. The lowest BCUT2D eigenvalue weighted by atomic mass is 10.4. The fourth-order valence-electron chi connectivity index (χ4n) is 2.19. The number of aromatic nitrogens is 2. The van der Waals surface area contributed by atoms with Crippen LogP contribution in [0.2, 0.25) is 0 Å². The summed E-state index contributed by atoms with van der Waals surface area (Å²) in [6.07, 6.45) is 3.95. The third-order valence-electron chi connectivity index (χ3n) is 3.22. The average molecular weight is 263 g/mol. The van der Waals surface area contributed by atoms with Crippen molar-refractivity contribution in [2.75, 3.05) is 32.8 Å². The van der Waals surface area contributed by atoms with Gasteiger partial charge in [0.25, 0.3) is 0 Å². The first-order chi connectivity index (χ1) is 8.93. The van der Waals surface area contributed by atoms with Crippen LogP contribution in [0.3, 0.4) is 0 Å². The highest BCUT2D eigenvalue weighted by Gasteiger charge is 2.11. The van der Waals surface area contributed by atoms with Crippen LogP contribution in [0.15, 0.2) is 29.9 Å². The van der Waals surface area contributed by atoms with E-state index in [0.717, 1.165) is 45.2 Å². The molecule has 3 rings (SSSR count). The molecule has 0 bridgehead atoms. The molecule has 0 radical (unpaired) electrons. The summed E-state index contributed by atoms with van der Waals surface area (Å²) in [5.74, 6) is 1.08. The van der Waals surface area contributed by atoms with Crippen molar-refractivity contribution >= 4 is 11.3 Å². The van der Waals surface area contributed by atoms with Gasteiger partial charge in [-0.15, -0.1) is 11.3 Å². The van der Waals surface area contributed by atoms with Gasteiger partial charge < -0.3 is 9.30 Å². The molecule has 1 fully saturated rings. The van der Waals surface area contributed by atoms with Crippen LogP contribution < -0.4 is 0 Å². The van der Waals surface area contributed by atoms with Gasteiger partial charge in [-0.2, -0.15) is 0 Å². The zero-order valence-electron chi connectivity index (χ0n) is 10.3. The molecule has 1 aliphatic heterocycles. The molecule has 0 saturated carbocycles. The summed E-state index contributed by atoms with van der Waals surface area (Å²) in [5, 5.41) is 2.09. The highest BCUT2D eigenvalue weighted by Crippen LogP contribution is 2.22. The maximum Gasteiger partial charge on any atom is 0.150 e. The lowest BCUT2D eigenvalue weighted by molar-refractivity contribution is 0.0364. The van der Waals surface area contributed by atoms with Crippen LogP contribution in [-0.2, 0) is 11.3 Å². The summed E-state index contributed by atoms with van der Waals surface area (Å²) in [6.45, 7) is 5.88. The fourth-order valence-corrected chi connectivity index (χ4v) is 2.93. The van der Waals surface area contributed by atoms with Gasteiger partial charge >= 0.3 is 0 Å². The zero-order valence-corrected chi connectivity index (χ0v) is 11.1. The van der Waals surface area contributed by atoms with E-state index in [9.17, 15) is 0 Å². The van der Waals surface area contributed by atoms with E-state index in [1.165, 1.54) is 4.88 Å².